The SMILES string of the molecule is CC(C)C(=O)c1cccc(-c2ccc(F)c(F)c2)c1. The standard InChI is InChI=1S/C16H14F2O/c1-10(2)16(19)13-5-3-4-11(8-13)12-6-7-14(17)15(18)9-12/h3-10H,1-2H3. The second-order valence-corrected chi connectivity index (χ2v) is 4.73. The lowest BCUT2D eigenvalue weighted by Gasteiger charge is -2.07. The molecule has 0 heterocycles. The predicted molar refractivity (Wildman–Crippen MR) is 71.0 cm³/mol. The Hall–Kier alpha value is -2.03. The number of benzene rings is 2. The summed E-state index contributed by atoms with van der Waals surface area (Å²) in [7, 11) is 0. The zero-order valence-electron chi connectivity index (χ0n) is 10.8. The van der Waals surface area contributed by atoms with E-state index in [1.165, 1.54) is 6.07 Å². The molecule has 98 valence electrons. The van der Waals surface area contributed by atoms with Gasteiger partial charge in [-0.3, -0.25) is 4.79 Å². The highest BCUT2D eigenvalue weighted by atomic mass is 19.2. The van der Waals surface area contributed by atoms with Gasteiger partial charge in [0.15, 0.2) is 17.4 Å². The van der Waals surface area contributed by atoms with Crippen LogP contribution in [0.3, 0.4) is 0 Å². The van der Waals surface area contributed by atoms with Gasteiger partial charge in [0.25, 0.3) is 0 Å². The minimum Gasteiger partial charge on any atom is -0.294 e. The molecule has 0 atom stereocenters. The van der Waals surface area contributed by atoms with Crippen LogP contribution in [0.5, 0.6) is 0 Å². The molecule has 0 unspecified atom stereocenters. The molecule has 0 radical (unpaired) electrons. The summed E-state index contributed by atoms with van der Waals surface area (Å²) in [6, 6.07) is 10.7. The van der Waals surface area contributed by atoms with E-state index in [9.17, 15) is 13.6 Å². The van der Waals surface area contributed by atoms with E-state index in [-0.39, 0.29) is 11.7 Å². The molecule has 0 saturated heterocycles. The van der Waals surface area contributed by atoms with Crippen molar-refractivity contribution in [3.8, 4) is 11.1 Å². The van der Waals surface area contributed by atoms with Gasteiger partial charge in [0.1, 0.15) is 0 Å². The largest absolute Gasteiger partial charge is 0.294 e. The van der Waals surface area contributed by atoms with Crippen molar-refractivity contribution in [3.63, 3.8) is 0 Å². The van der Waals surface area contributed by atoms with Gasteiger partial charge in [-0.15, -0.1) is 0 Å². The Morgan fingerprint density at radius 1 is 0.947 bits per heavy atom. The highest BCUT2D eigenvalue weighted by Gasteiger charge is 2.11. The van der Waals surface area contributed by atoms with Gasteiger partial charge in [-0.25, -0.2) is 8.78 Å². The molecule has 19 heavy (non-hydrogen) atoms. The minimum atomic E-state index is -0.891. The van der Waals surface area contributed by atoms with Gasteiger partial charge in [-0.2, -0.15) is 0 Å². The molecule has 0 N–H and O–H groups in total. The van der Waals surface area contributed by atoms with Gasteiger partial charge < -0.3 is 0 Å². The summed E-state index contributed by atoms with van der Waals surface area (Å²) in [4.78, 5) is 11.9. The lowest BCUT2D eigenvalue weighted by molar-refractivity contribution is 0.0939. The average Bonchev–Trinajstić information content (AvgIpc) is 2.41. The summed E-state index contributed by atoms with van der Waals surface area (Å²) >= 11 is 0. The van der Waals surface area contributed by atoms with Crippen molar-refractivity contribution in [2.75, 3.05) is 0 Å². The van der Waals surface area contributed by atoms with Crippen LogP contribution in [0.15, 0.2) is 42.5 Å². The summed E-state index contributed by atoms with van der Waals surface area (Å²) < 4.78 is 26.1. The van der Waals surface area contributed by atoms with Gasteiger partial charge in [0.2, 0.25) is 0 Å². The average molecular weight is 260 g/mol. The molecule has 2 aromatic rings. The van der Waals surface area contributed by atoms with E-state index >= 15 is 0 Å². The van der Waals surface area contributed by atoms with Crippen LogP contribution in [0.1, 0.15) is 24.2 Å². The molecule has 0 fully saturated rings. The number of carbonyl (C=O) groups is 1. The maximum atomic E-state index is 13.2. The van der Waals surface area contributed by atoms with Crippen molar-refractivity contribution in [3.05, 3.63) is 59.7 Å². The predicted octanol–water partition coefficient (Wildman–Crippen LogP) is 4.47. The molecular formula is C16H14F2O. The molecule has 0 amide bonds. The van der Waals surface area contributed by atoms with Crippen molar-refractivity contribution in [1.82, 2.24) is 0 Å². The minimum absolute atomic E-state index is 0.0319. The van der Waals surface area contributed by atoms with E-state index in [1.807, 2.05) is 13.8 Å². The van der Waals surface area contributed by atoms with Crippen LogP contribution in [0.2, 0.25) is 0 Å². The summed E-state index contributed by atoms with van der Waals surface area (Å²) in [5.41, 5.74) is 1.83. The highest BCUT2D eigenvalue weighted by molar-refractivity contribution is 5.98. The second-order valence-electron chi connectivity index (χ2n) is 4.73. The Bertz CT molecular complexity index is 618. The Morgan fingerprint density at radius 3 is 2.26 bits per heavy atom. The zero-order valence-corrected chi connectivity index (χ0v) is 10.8. The third-order valence-corrected chi connectivity index (χ3v) is 2.92. The van der Waals surface area contributed by atoms with Crippen molar-refractivity contribution in [2.45, 2.75) is 13.8 Å². The first-order valence-electron chi connectivity index (χ1n) is 6.08. The van der Waals surface area contributed by atoms with E-state index < -0.39 is 11.6 Å². The molecule has 3 heteroatoms. The number of hydrogen-bond acceptors (Lipinski definition) is 1. The fourth-order valence-electron chi connectivity index (χ4n) is 1.86. The first-order valence-corrected chi connectivity index (χ1v) is 6.08. The van der Waals surface area contributed by atoms with Crippen LogP contribution < -0.4 is 0 Å². The Balaban J connectivity index is 2.43. The number of ketones is 1. The number of carbonyl (C=O) groups excluding carboxylic acids is 1. The normalized spacial score (nSPS) is 10.8. The molecule has 0 aliphatic carbocycles. The molecule has 2 rings (SSSR count). The molecule has 0 spiro atoms. The number of halogens is 2. The van der Waals surface area contributed by atoms with E-state index in [2.05, 4.69) is 0 Å². The first kappa shape index (κ1) is 13.4. The van der Waals surface area contributed by atoms with Crippen LogP contribution >= 0.6 is 0 Å². The van der Waals surface area contributed by atoms with E-state index in [0.717, 1.165) is 12.1 Å². The number of rotatable bonds is 3. The molecular weight excluding hydrogens is 246 g/mol. The Labute approximate surface area is 110 Å². The fraction of sp³-hybridized carbons (Fsp3) is 0.188. The Kier molecular flexibility index (Phi) is 3.74. The van der Waals surface area contributed by atoms with Gasteiger partial charge >= 0.3 is 0 Å². The molecule has 0 bridgehead atoms. The van der Waals surface area contributed by atoms with E-state index in [0.29, 0.717) is 16.7 Å². The van der Waals surface area contributed by atoms with Crippen LogP contribution in [-0.2, 0) is 0 Å². The van der Waals surface area contributed by atoms with Crippen LogP contribution in [0.4, 0.5) is 8.78 Å². The van der Waals surface area contributed by atoms with Crippen LogP contribution in [0, 0.1) is 17.6 Å². The van der Waals surface area contributed by atoms with Gasteiger partial charge in [-0.05, 0) is 29.3 Å². The van der Waals surface area contributed by atoms with Crippen LogP contribution in [-0.4, -0.2) is 5.78 Å². The topological polar surface area (TPSA) is 17.1 Å². The molecule has 0 aliphatic heterocycles. The van der Waals surface area contributed by atoms with Crippen LogP contribution in [0.25, 0.3) is 11.1 Å². The van der Waals surface area contributed by atoms with Gasteiger partial charge in [0, 0.05) is 11.5 Å². The summed E-state index contributed by atoms with van der Waals surface area (Å²) in [6.45, 7) is 3.65. The first-order chi connectivity index (χ1) is 8.99. The zero-order chi connectivity index (χ0) is 14.0. The molecule has 0 aromatic heterocycles. The van der Waals surface area contributed by atoms with Gasteiger partial charge in [0.05, 0.1) is 0 Å². The third kappa shape index (κ3) is 2.87. The van der Waals surface area contributed by atoms with Crippen molar-refractivity contribution in [1.29, 1.82) is 0 Å². The molecule has 0 aliphatic rings. The second kappa shape index (κ2) is 5.31. The van der Waals surface area contributed by atoms with Crippen molar-refractivity contribution < 1.29 is 13.6 Å². The third-order valence-electron chi connectivity index (χ3n) is 2.92. The quantitative estimate of drug-likeness (QED) is 0.744. The number of Topliss-reactive ketones (excluding diaryl/α,β-unsaturated/α-hetero) is 1. The van der Waals surface area contributed by atoms with Gasteiger partial charge in [-0.1, -0.05) is 38.1 Å². The van der Waals surface area contributed by atoms with E-state index in [4.69, 9.17) is 0 Å². The molecule has 1 nitrogen and oxygen atoms in total. The number of hydrogen-bond donors (Lipinski definition) is 0. The summed E-state index contributed by atoms with van der Waals surface area (Å²) in [5.74, 6) is -1.83. The lowest BCUT2D eigenvalue weighted by Crippen LogP contribution is -2.07. The molecule has 0 saturated carbocycles. The summed E-state index contributed by atoms with van der Waals surface area (Å²) in [5, 5.41) is 0. The van der Waals surface area contributed by atoms with E-state index in [1.54, 1.807) is 24.3 Å². The fourth-order valence-corrected chi connectivity index (χ4v) is 1.86. The Morgan fingerprint density at radius 2 is 1.63 bits per heavy atom. The highest BCUT2D eigenvalue weighted by Crippen LogP contribution is 2.23. The smallest absolute Gasteiger partial charge is 0.165 e. The summed E-state index contributed by atoms with van der Waals surface area (Å²) in [6.07, 6.45) is 0. The maximum absolute atomic E-state index is 13.2. The van der Waals surface area contributed by atoms with Crippen molar-refractivity contribution in [2.24, 2.45) is 5.92 Å². The molecule has 2 aromatic carbocycles. The van der Waals surface area contributed by atoms with Crippen molar-refractivity contribution >= 4 is 5.78 Å². The lowest BCUT2D eigenvalue weighted by atomic mass is 9.97. The monoisotopic (exact) mass is 260 g/mol. The maximum Gasteiger partial charge on any atom is 0.165 e.